The number of rotatable bonds is 6. The minimum Gasteiger partial charge on any atom is -0.479 e. The fourth-order valence-corrected chi connectivity index (χ4v) is 5.97. The van der Waals surface area contributed by atoms with Gasteiger partial charge in [-0.3, -0.25) is 9.59 Å². The minimum absolute atomic E-state index is 0.115. The number of benzene rings is 3. The molecule has 198 valence electrons. The van der Waals surface area contributed by atoms with Gasteiger partial charge in [-0.15, -0.1) is 0 Å². The Hall–Kier alpha value is -3.44. The van der Waals surface area contributed by atoms with Gasteiger partial charge in [0.15, 0.2) is 6.10 Å². The molecule has 0 aliphatic carbocycles. The lowest BCUT2D eigenvalue weighted by atomic mass is 10.1. The molecule has 0 aromatic heterocycles. The molecule has 3 aromatic carbocycles. The van der Waals surface area contributed by atoms with Gasteiger partial charge in [0.05, 0.1) is 30.3 Å². The first kappa shape index (κ1) is 26.2. The predicted octanol–water partition coefficient (Wildman–Crippen LogP) is 3.93. The van der Waals surface area contributed by atoms with Gasteiger partial charge < -0.3 is 19.7 Å². The monoisotopic (exact) mass is 555 g/mol. The third-order valence-corrected chi connectivity index (χ3v) is 8.72. The topological polar surface area (TPSA) is 105 Å². The minimum atomic E-state index is -3.66. The molecular weight excluding hydrogens is 530 g/mol. The van der Waals surface area contributed by atoms with Crippen LogP contribution in [0.5, 0.6) is 5.75 Å². The fourth-order valence-electron chi connectivity index (χ4n) is 4.36. The van der Waals surface area contributed by atoms with Gasteiger partial charge in [-0.1, -0.05) is 29.8 Å². The maximum atomic E-state index is 13.0. The van der Waals surface area contributed by atoms with Crippen LogP contribution in [0.25, 0.3) is 0 Å². The Morgan fingerprint density at radius 1 is 1.05 bits per heavy atom. The first-order valence-corrected chi connectivity index (χ1v) is 13.9. The van der Waals surface area contributed by atoms with Crippen LogP contribution in [0.4, 0.5) is 11.4 Å². The average Bonchev–Trinajstić information content (AvgIpc) is 2.93. The number of carbonyl (C=O) groups is 2. The van der Waals surface area contributed by atoms with Gasteiger partial charge in [-0.05, 0) is 61.0 Å². The van der Waals surface area contributed by atoms with Crippen molar-refractivity contribution in [1.82, 2.24) is 4.31 Å². The number of nitrogens with one attached hydrogen (secondary N) is 1. The summed E-state index contributed by atoms with van der Waals surface area (Å²) in [5.74, 6) is -0.132. The molecule has 1 N–H and O–H groups in total. The van der Waals surface area contributed by atoms with Gasteiger partial charge in [-0.25, -0.2) is 8.42 Å². The largest absolute Gasteiger partial charge is 0.479 e. The van der Waals surface area contributed by atoms with E-state index in [0.717, 1.165) is 5.56 Å². The number of hydrogen-bond acceptors (Lipinski definition) is 6. The molecule has 38 heavy (non-hydrogen) atoms. The van der Waals surface area contributed by atoms with Crippen molar-refractivity contribution < 1.29 is 27.5 Å². The van der Waals surface area contributed by atoms with Crippen LogP contribution in [-0.4, -0.2) is 56.9 Å². The summed E-state index contributed by atoms with van der Waals surface area (Å²) in [4.78, 5) is 27.7. The highest BCUT2D eigenvalue weighted by Crippen LogP contribution is 2.38. The smallest absolute Gasteiger partial charge is 0.268 e. The maximum Gasteiger partial charge on any atom is 0.268 e. The van der Waals surface area contributed by atoms with Gasteiger partial charge in [0, 0.05) is 29.4 Å². The second-order valence-electron chi connectivity index (χ2n) is 8.95. The molecule has 0 radical (unpaired) electrons. The summed E-state index contributed by atoms with van der Waals surface area (Å²) in [7, 11) is -3.66. The van der Waals surface area contributed by atoms with E-state index in [0.29, 0.717) is 48.5 Å². The summed E-state index contributed by atoms with van der Waals surface area (Å²) in [6, 6.07) is 18.1. The van der Waals surface area contributed by atoms with Gasteiger partial charge in [0.25, 0.3) is 11.8 Å². The number of morpholine rings is 1. The molecule has 2 aliphatic heterocycles. The number of sulfonamides is 1. The number of nitrogens with zero attached hydrogens (tertiary/aromatic N) is 2. The van der Waals surface area contributed by atoms with Crippen molar-refractivity contribution in [2.24, 2.45) is 0 Å². The quantitative estimate of drug-likeness (QED) is 0.494. The van der Waals surface area contributed by atoms with E-state index < -0.39 is 22.0 Å². The number of ether oxygens (including phenoxy) is 2. The summed E-state index contributed by atoms with van der Waals surface area (Å²) in [6.07, 6.45) is -0.669. The van der Waals surface area contributed by atoms with E-state index in [2.05, 4.69) is 5.32 Å². The molecule has 2 heterocycles. The predicted molar refractivity (Wildman–Crippen MR) is 143 cm³/mol. The summed E-state index contributed by atoms with van der Waals surface area (Å²) >= 11 is 6.33. The second-order valence-corrected chi connectivity index (χ2v) is 11.3. The molecule has 0 bridgehead atoms. The van der Waals surface area contributed by atoms with Gasteiger partial charge in [0.2, 0.25) is 10.0 Å². The highest BCUT2D eigenvalue weighted by Gasteiger charge is 2.32. The number of fused-ring (bicyclic) bond motifs is 1. The van der Waals surface area contributed by atoms with Crippen molar-refractivity contribution in [3.05, 3.63) is 82.9 Å². The lowest BCUT2D eigenvalue weighted by Crippen LogP contribution is -2.44. The lowest BCUT2D eigenvalue weighted by molar-refractivity contribution is -0.125. The second kappa shape index (κ2) is 10.7. The fraction of sp³-hybridized carbons (Fsp3) is 0.259. The Bertz CT molecular complexity index is 1470. The van der Waals surface area contributed by atoms with E-state index in [4.69, 9.17) is 21.1 Å². The van der Waals surface area contributed by atoms with Crippen LogP contribution >= 0.6 is 11.6 Å². The van der Waals surface area contributed by atoms with Crippen LogP contribution in [0, 0.1) is 0 Å². The Labute approximate surface area is 226 Å². The van der Waals surface area contributed by atoms with Crippen LogP contribution in [0.15, 0.2) is 71.6 Å². The van der Waals surface area contributed by atoms with Gasteiger partial charge in [-0.2, -0.15) is 4.31 Å². The zero-order chi connectivity index (χ0) is 26.9. The third-order valence-electron chi connectivity index (χ3n) is 6.44. The van der Waals surface area contributed by atoms with Gasteiger partial charge in [0.1, 0.15) is 5.75 Å². The molecule has 1 fully saturated rings. The van der Waals surface area contributed by atoms with Crippen molar-refractivity contribution in [3.8, 4) is 5.75 Å². The SMILES string of the molecule is CC1Oc2ccc(NC(=O)c3ccc(S(=O)(=O)N4CCOCC4)cc3)cc2N(Cc2ccccc2Cl)C1=O. The summed E-state index contributed by atoms with van der Waals surface area (Å²) in [5.41, 5.74) is 2.04. The molecule has 1 saturated heterocycles. The first-order chi connectivity index (χ1) is 18.2. The van der Waals surface area contributed by atoms with Crippen LogP contribution in [-0.2, 0) is 26.1 Å². The number of halogens is 1. The van der Waals surface area contributed by atoms with Crippen LogP contribution in [0.3, 0.4) is 0 Å². The van der Waals surface area contributed by atoms with Crippen molar-refractivity contribution in [2.45, 2.75) is 24.5 Å². The first-order valence-electron chi connectivity index (χ1n) is 12.1. The number of amides is 2. The van der Waals surface area contributed by atoms with Crippen molar-refractivity contribution in [2.75, 3.05) is 36.5 Å². The molecule has 9 nitrogen and oxygen atoms in total. The number of hydrogen-bond donors (Lipinski definition) is 1. The molecule has 2 amide bonds. The third kappa shape index (κ3) is 5.25. The summed E-state index contributed by atoms with van der Waals surface area (Å²) in [6.45, 7) is 3.22. The van der Waals surface area contributed by atoms with Crippen LogP contribution < -0.4 is 15.0 Å². The van der Waals surface area contributed by atoms with E-state index in [-0.39, 0.29) is 22.9 Å². The van der Waals surface area contributed by atoms with E-state index in [9.17, 15) is 18.0 Å². The normalized spacial score (nSPS) is 18.0. The van der Waals surface area contributed by atoms with E-state index >= 15 is 0 Å². The van der Waals surface area contributed by atoms with Crippen molar-refractivity contribution in [3.63, 3.8) is 0 Å². The number of carbonyl (C=O) groups excluding carboxylic acids is 2. The molecule has 5 rings (SSSR count). The van der Waals surface area contributed by atoms with Crippen molar-refractivity contribution in [1.29, 1.82) is 0 Å². The zero-order valence-electron chi connectivity index (χ0n) is 20.6. The Balaban J connectivity index is 1.35. The average molecular weight is 556 g/mol. The van der Waals surface area contributed by atoms with E-state index in [1.165, 1.54) is 28.6 Å². The van der Waals surface area contributed by atoms with Crippen molar-refractivity contribution >= 4 is 44.8 Å². The molecule has 11 heteroatoms. The maximum absolute atomic E-state index is 13.0. The molecule has 2 aliphatic rings. The summed E-state index contributed by atoms with van der Waals surface area (Å²) in [5, 5.41) is 3.36. The van der Waals surface area contributed by atoms with E-state index in [1.807, 2.05) is 18.2 Å². The molecular formula is C27H26ClN3O6S. The molecule has 0 spiro atoms. The zero-order valence-corrected chi connectivity index (χ0v) is 22.2. The molecule has 1 unspecified atom stereocenters. The molecule has 3 aromatic rings. The Kier molecular flexibility index (Phi) is 7.40. The van der Waals surface area contributed by atoms with Gasteiger partial charge >= 0.3 is 0 Å². The molecule has 0 saturated carbocycles. The lowest BCUT2D eigenvalue weighted by Gasteiger charge is -2.33. The Morgan fingerprint density at radius 3 is 2.47 bits per heavy atom. The standard InChI is InChI=1S/C27H26ClN3O6S/c1-18-27(33)31(17-20-4-2-3-5-23(20)28)24-16-21(8-11-25(24)37-18)29-26(32)19-6-9-22(10-7-19)38(34,35)30-12-14-36-15-13-30/h2-11,16,18H,12-15,17H2,1H3,(H,29,32). The molecule has 1 atom stereocenters. The highest BCUT2D eigenvalue weighted by atomic mass is 35.5. The highest BCUT2D eigenvalue weighted by molar-refractivity contribution is 7.89. The Morgan fingerprint density at radius 2 is 1.76 bits per heavy atom. The summed E-state index contributed by atoms with van der Waals surface area (Å²) < 4.78 is 38.1. The van der Waals surface area contributed by atoms with Crippen LogP contribution in [0.2, 0.25) is 5.02 Å². The number of anilines is 2. The van der Waals surface area contributed by atoms with Crippen LogP contribution in [0.1, 0.15) is 22.8 Å². The van der Waals surface area contributed by atoms with E-state index in [1.54, 1.807) is 36.1 Å².